The van der Waals surface area contributed by atoms with Crippen LogP contribution in [0.25, 0.3) is 0 Å². The number of benzene rings is 2. The second kappa shape index (κ2) is 9.84. The lowest BCUT2D eigenvalue weighted by Gasteiger charge is -2.38. The Morgan fingerprint density at radius 3 is 2.77 bits per heavy atom. The molecule has 2 aliphatic rings. The fourth-order valence-corrected chi connectivity index (χ4v) is 4.34. The van der Waals surface area contributed by atoms with Crippen molar-refractivity contribution < 1.29 is 9.53 Å². The average Bonchev–Trinajstić information content (AvgIpc) is 2.77. The minimum Gasteiger partial charge on any atom is -0.489 e. The van der Waals surface area contributed by atoms with Crippen LogP contribution in [0.1, 0.15) is 49.7 Å². The molecule has 0 radical (unpaired) electrons. The lowest BCUT2D eigenvalue weighted by molar-refractivity contribution is -0.121. The van der Waals surface area contributed by atoms with Crippen molar-refractivity contribution in [1.82, 2.24) is 5.32 Å². The van der Waals surface area contributed by atoms with Crippen LogP contribution in [-0.2, 0) is 11.3 Å². The fourth-order valence-electron chi connectivity index (χ4n) is 4.34. The molecule has 30 heavy (non-hydrogen) atoms. The summed E-state index contributed by atoms with van der Waals surface area (Å²) in [6, 6.07) is 16.8. The summed E-state index contributed by atoms with van der Waals surface area (Å²) in [5.41, 5.74) is 5.06. The molecular weight excluding hydrogens is 372 g/mol. The molecule has 158 valence electrons. The number of allylic oxidation sites excluding steroid dienone is 1. The molecule has 0 bridgehead atoms. The predicted octanol–water partition coefficient (Wildman–Crippen LogP) is 5.16. The number of fused-ring (bicyclic) bond motifs is 1. The number of ether oxygens (including phenoxy) is 1. The summed E-state index contributed by atoms with van der Waals surface area (Å²) in [7, 11) is 0. The van der Waals surface area contributed by atoms with Crippen molar-refractivity contribution in [3.8, 4) is 5.75 Å². The molecule has 1 amide bonds. The van der Waals surface area contributed by atoms with Gasteiger partial charge in [0.2, 0.25) is 5.91 Å². The molecule has 4 heteroatoms. The maximum absolute atomic E-state index is 12.7. The van der Waals surface area contributed by atoms with Crippen LogP contribution < -0.4 is 15.0 Å². The van der Waals surface area contributed by atoms with Gasteiger partial charge in [-0.2, -0.15) is 0 Å². The van der Waals surface area contributed by atoms with Crippen molar-refractivity contribution in [2.45, 2.75) is 58.0 Å². The fraction of sp³-hybridized carbons (Fsp3) is 0.423. The molecule has 0 spiro atoms. The monoisotopic (exact) mass is 404 g/mol. The van der Waals surface area contributed by atoms with Crippen molar-refractivity contribution >= 4 is 11.6 Å². The Morgan fingerprint density at radius 1 is 1.13 bits per heavy atom. The minimum absolute atomic E-state index is 0.0232. The van der Waals surface area contributed by atoms with Gasteiger partial charge in [0.15, 0.2) is 0 Å². The van der Waals surface area contributed by atoms with Gasteiger partial charge in [0.25, 0.3) is 0 Å². The van der Waals surface area contributed by atoms with E-state index < -0.39 is 0 Å². The SMILES string of the molecule is Cc1ccc(CN2c3ccccc3OC[C@@H]2CC(=O)NCCC2=CCCCC2)cc1. The second-order valence-corrected chi connectivity index (χ2v) is 8.46. The number of carbonyl (C=O) groups excluding carboxylic acids is 1. The molecule has 1 atom stereocenters. The average molecular weight is 405 g/mol. The van der Waals surface area contributed by atoms with Crippen LogP contribution in [0.2, 0.25) is 0 Å². The number of para-hydroxylation sites is 2. The van der Waals surface area contributed by atoms with Gasteiger partial charge in [-0.3, -0.25) is 4.79 Å². The molecule has 0 unspecified atom stereocenters. The molecule has 1 heterocycles. The topological polar surface area (TPSA) is 41.6 Å². The Labute approximate surface area is 179 Å². The van der Waals surface area contributed by atoms with E-state index in [0.717, 1.165) is 30.9 Å². The maximum Gasteiger partial charge on any atom is 0.222 e. The highest BCUT2D eigenvalue weighted by Gasteiger charge is 2.29. The Morgan fingerprint density at radius 2 is 1.97 bits per heavy atom. The van der Waals surface area contributed by atoms with E-state index in [0.29, 0.717) is 13.0 Å². The van der Waals surface area contributed by atoms with Gasteiger partial charge in [-0.05, 0) is 56.7 Å². The van der Waals surface area contributed by atoms with Crippen LogP contribution >= 0.6 is 0 Å². The lowest BCUT2D eigenvalue weighted by atomic mass is 9.97. The number of nitrogens with one attached hydrogen (secondary N) is 1. The number of nitrogens with zero attached hydrogens (tertiary/aromatic N) is 1. The Bertz CT molecular complexity index is 888. The summed E-state index contributed by atoms with van der Waals surface area (Å²) >= 11 is 0. The summed E-state index contributed by atoms with van der Waals surface area (Å²) in [5.74, 6) is 0.999. The number of hydrogen-bond donors (Lipinski definition) is 1. The molecule has 0 aromatic heterocycles. The number of amides is 1. The first kappa shape index (κ1) is 20.5. The molecule has 4 nitrogen and oxygen atoms in total. The number of hydrogen-bond acceptors (Lipinski definition) is 3. The molecule has 1 N–H and O–H groups in total. The zero-order valence-corrected chi connectivity index (χ0v) is 17.9. The van der Waals surface area contributed by atoms with Gasteiger partial charge >= 0.3 is 0 Å². The summed E-state index contributed by atoms with van der Waals surface area (Å²) in [6.07, 6.45) is 8.73. The predicted molar refractivity (Wildman–Crippen MR) is 122 cm³/mol. The standard InChI is InChI=1S/C26H32N2O2/c1-20-11-13-22(14-12-20)18-28-23(19-30-25-10-6-5-9-24(25)28)17-26(29)27-16-15-21-7-3-2-4-8-21/h5-7,9-14,23H,2-4,8,15-19H2,1H3,(H,27,29)/t23-/m0/s1. The van der Waals surface area contributed by atoms with Crippen molar-refractivity contribution in [3.63, 3.8) is 0 Å². The quantitative estimate of drug-likeness (QED) is 0.648. The van der Waals surface area contributed by atoms with Crippen molar-refractivity contribution in [1.29, 1.82) is 0 Å². The highest BCUT2D eigenvalue weighted by Crippen LogP contribution is 2.35. The van der Waals surface area contributed by atoms with Crippen LogP contribution in [0, 0.1) is 6.92 Å². The van der Waals surface area contributed by atoms with Gasteiger partial charge in [0.1, 0.15) is 12.4 Å². The van der Waals surface area contributed by atoms with Crippen molar-refractivity contribution in [2.75, 3.05) is 18.1 Å². The molecule has 0 fully saturated rings. The van der Waals surface area contributed by atoms with Crippen LogP contribution in [0.3, 0.4) is 0 Å². The molecular formula is C26H32N2O2. The first-order valence-electron chi connectivity index (χ1n) is 11.2. The van der Waals surface area contributed by atoms with E-state index in [1.54, 1.807) is 0 Å². The third-order valence-electron chi connectivity index (χ3n) is 6.09. The third-order valence-corrected chi connectivity index (χ3v) is 6.09. The smallest absolute Gasteiger partial charge is 0.222 e. The number of anilines is 1. The summed E-state index contributed by atoms with van der Waals surface area (Å²) in [5, 5.41) is 3.13. The Hall–Kier alpha value is -2.75. The zero-order chi connectivity index (χ0) is 20.8. The van der Waals surface area contributed by atoms with E-state index in [1.807, 2.05) is 18.2 Å². The van der Waals surface area contributed by atoms with Crippen molar-refractivity contribution in [2.24, 2.45) is 0 Å². The largest absolute Gasteiger partial charge is 0.489 e. The number of rotatable bonds is 7. The molecule has 0 saturated heterocycles. The number of carbonyl (C=O) groups is 1. The summed E-state index contributed by atoms with van der Waals surface area (Å²) in [6.45, 7) is 4.13. The minimum atomic E-state index is 0.0232. The van der Waals surface area contributed by atoms with E-state index in [1.165, 1.54) is 42.4 Å². The van der Waals surface area contributed by atoms with E-state index in [2.05, 4.69) is 53.5 Å². The second-order valence-electron chi connectivity index (χ2n) is 8.46. The van der Waals surface area contributed by atoms with Gasteiger partial charge < -0.3 is 15.0 Å². The first-order chi connectivity index (χ1) is 14.7. The van der Waals surface area contributed by atoms with E-state index in [4.69, 9.17) is 4.74 Å². The molecule has 2 aromatic carbocycles. The number of aryl methyl sites for hydroxylation is 1. The van der Waals surface area contributed by atoms with E-state index in [-0.39, 0.29) is 11.9 Å². The normalized spacial score (nSPS) is 18.2. The molecule has 0 saturated carbocycles. The van der Waals surface area contributed by atoms with Crippen LogP contribution in [0.4, 0.5) is 5.69 Å². The van der Waals surface area contributed by atoms with Gasteiger partial charge in [-0.1, -0.05) is 53.6 Å². The molecule has 2 aromatic rings. The van der Waals surface area contributed by atoms with E-state index >= 15 is 0 Å². The lowest BCUT2D eigenvalue weighted by Crippen LogP contribution is -2.45. The van der Waals surface area contributed by atoms with Gasteiger partial charge in [0.05, 0.1) is 18.2 Å². The van der Waals surface area contributed by atoms with Gasteiger partial charge in [0, 0.05) is 13.1 Å². The van der Waals surface area contributed by atoms with Crippen LogP contribution in [0.15, 0.2) is 60.2 Å². The van der Waals surface area contributed by atoms with Crippen LogP contribution in [0.5, 0.6) is 5.75 Å². The van der Waals surface area contributed by atoms with E-state index in [9.17, 15) is 4.79 Å². The highest BCUT2D eigenvalue weighted by atomic mass is 16.5. The van der Waals surface area contributed by atoms with Crippen molar-refractivity contribution in [3.05, 3.63) is 71.3 Å². The summed E-state index contributed by atoms with van der Waals surface area (Å²) in [4.78, 5) is 15.0. The molecule has 1 aliphatic heterocycles. The third kappa shape index (κ3) is 5.24. The first-order valence-corrected chi connectivity index (χ1v) is 11.2. The van der Waals surface area contributed by atoms with Crippen LogP contribution in [-0.4, -0.2) is 25.1 Å². The van der Waals surface area contributed by atoms with Gasteiger partial charge in [-0.25, -0.2) is 0 Å². The zero-order valence-electron chi connectivity index (χ0n) is 17.9. The molecule has 4 rings (SSSR count). The molecule has 1 aliphatic carbocycles. The maximum atomic E-state index is 12.7. The van der Waals surface area contributed by atoms with Gasteiger partial charge in [-0.15, -0.1) is 0 Å². The highest BCUT2D eigenvalue weighted by molar-refractivity contribution is 5.77. The Kier molecular flexibility index (Phi) is 6.73. The Balaban J connectivity index is 1.40. The summed E-state index contributed by atoms with van der Waals surface area (Å²) < 4.78 is 5.99.